The van der Waals surface area contributed by atoms with Crippen LogP contribution >= 0.6 is 22.7 Å². The molecule has 0 aliphatic rings. The maximum atomic E-state index is 13.2. The normalized spacial score (nSPS) is 11.9. The number of aromatic nitrogens is 5. The summed E-state index contributed by atoms with van der Waals surface area (Å²) in [7, 11) is -14.7. The van der Waals surface area contributed by atoms with Crippen LogP contribution in [0.4, 0.5) is 39.6 Å². The van der Waals surface area contributed by atoms with Crippen LogP contribution < -0.4 is 85.7 Å². The van der Waals surface area contributed by atoms with Gasteiger partial charge in [0.1, 0.15) is 59.3 Å². The average molecular weight is 1120 g/mol. The minimum atomic E-state index is -5.07. The topological polar surface area (TPSA) is 292 Å². The van der Waals surface area contributed by atoms with E-state index in [4.69, 9.17) is 25.3 Å². The van der Waals surface area contributed by atoms with E-state index in [1.807, 2.05) is 54.5 Å². The van der Waals surface area contributed by atoms with Crippen molar-refractivity contribution in [3.05, 3.63) is 111 Å². The molecule has 19 nitrogen and oxygen atoms in total. The second-order valence-corrected chi connectivity index (χ2v) is 24.4. The molecule has 0 saturated heterocycles. The number of nitrogens with one attached hydrogen (secondary N) is 1. The third kappa shape index (κ3) is 13.3. The van der Waals surface area contributed by atoms with E-state index in [1.165, 1.54) is 28.9 Å². The van der Waals surface area contributed by atoms with Gasteiger partial charge in [-0.25, -0.2) is 40.2 Å². The van der Waals surface area contributed by atoms with E-state index >= 15 is 0 Å². The predicted octanol–water partition coefficient (Wildman–Crippen LogP) is -1.01. The fourth-order valence-electron chi connectivity index (χ4n) is 8.77. The number of nitriles is 1. The number of azo groups is 1. The van der Waals surface area contributed by atoms with Crippen LogP contribution in [0.5, 0.6) is 0 Å². The molecule has 0 aliphatic heterocycles. The Morgan fingerprint density at radius 1 is 0.731 bits per heavy atom. The molecule has 28 heteroatoms. The summed E-state index contributed by atoms with van der Waals surface area (Å²) in [6, 6.07) is 18.6. The average Bonchev–Trinajstić information content (AvgIpc) is 4.05. The quantitative estimate of drug-likeness (QED) is 0.0557. The summed E-state index contributed by atoms with van der Waals surface area (Å²) in [6.45, 7) is 18.5. The zero-order valence-electron chi connectivity index (χ0n) is 45.8. The number of pyridine rings is 1. The van der Waals surface area contributed by atoms with Gasteiger partial charge in [0.05, 0.1) is 46.5 Å². The second-order valence-electron chi connectivity index (χ2n) is 18.3. The van der Waals surface area contributed by atoms with Gasteiger partial charge in [0, 0.05) is 5.41 Å². The van der Waals surface area contributed by atoms with E-state index in [1.54, 1.807) is 37.8 Å². The van der Waals surface area contributed by atoms with Gasteiger partial charge in [-0.1, -0.05) is 103 Å². The summed E-state index contributed by atoms with van der Waals surface area (Å²) in [5, 5.41) is 29.1. The molecule has 0 radical (unpaired) electrons. The Balaban J connectivity index is 0.00000328. The summed E-state index contributed by atoms with van der Waals surface area (Å²) in [5.41, 5.74) is 5.78. The van der Waals surface area contributed by atoms with E-state index in [0.29, 0.717) is 67.9 Å². The maximum Gasteiger partial charge on any atom is 1.00 e. The number of nitrogens with zero attached hydrogens (tertiary/aromatic N) is 9. The van der Waals surface area contributed by atoms with Gasteiger partial charge < -0.3 is 19.0 Å². The van der Waals surface area contributed by atoms with Crippen molar-refractivity contribution in [3.8, 4) is 11.2 Å². The number of rotatable bonds is 15. The molecule has 0 aliphatic carbocycles. The second kappa shape index (κ2) is 25.3. The summed E-state index contributed by atoms with van der Waals surface area (Å²) in [4.78, 5) is 15.1. The fraction of sp³-hybridized carbons (Fsp3) is 0.300. The molecule has 386 valence electrons. The molecule has 0 bridgehead atoms. The molecule has 1 N–H and O–H groups in total. The van der Waals surface area contributed by atoms with Crippen LogP contribution in [0, 0.1) is 38.2 Å². The molecule has 4 heterocycles. The summed E-state index contributed by atoms with van der Waals surface area (Å²) < 4.78 is 114. The Kier molecular flexibility index (Phi) is 21.5. The molecule has 0 unspecified atom stereocenters. The van der Waals surface area contributed by atoms with Gasteiger partial charge >= 0.3 is 75.4 Å². The first-order chi connectivity index (χ1) is 34.7. The van der Waals surface area contributed by atoms with E-state index in [9.17, 15) is 44.2 Å². The van der Waals surface area contributed by atoms with Gasteiger partial charge in [-0.15, -0.1) is 21.4 Å². The van der Waals surface area contributed by atoms with E-state index in [-0.39, 0.29) is 132 Å². The Hall–Kier alpha value is -4.17. The van der Waals surface area contributed by atoms with Crippen molar-refractivity contribution in [1.82, 2.24) is 24.7 Å². The van der Waals surface area contributed by atoms with Crippen molar-refractivity contribution in [1.29, 1.82) is 5.26 Å². The molecule has 0 spiro atoms. The Morgan fingerprint density at radius 3 is 1.85 bits per heavy atom. The largest absolute Gasteiger partial charge is 1.00 e. The zero-order valence-corrected chi connectivity index (χ0v) is 49.8. The van der Waals surface area contributed by atoms with Crippen molar-refractivity contribution in [3.63, 3.8) is 0 Å². The van der Waals surface area contributed by atoms with E-state index in [2.05, 4.69) is 22.4 Å². The monoisotopic (exact) mass is 1120 g/mol. The minimum Gasteiger partial charge on any atom is -0.744 e. The summed E-state index contributed by atoms with van der Waals surface area (Å²) in [5.74, 6) is 0.292. The Labute approximate surface area is 510 Å². The molecule has 4 aromatic heterocycles. The molecule has 4 aromatic carbocycles. The van der Waals surface area contributed by atoms with Crippen molar-refractivity contribution in [2.24, 2.45) is 10.2 Å². The minimum absolute atomic E-state index is 0. The van der Waals surface area contributed by atoms with Gasteiger partial charge in [-0.05, 0) is 91.4 Å². The number of hydrogen-bond acceptors (Lipinski definition) is 20. The van der Waals surface area contributed by atoms with Crippen LogP contribution in [0.3, 0.4) is 0 Å². The predicted molar refractivity (Wildman–Crippen MR) is 281 cm³/mol. The van der Waals surface area contributed by atoms with Crippen LogP contribution in [-0.4, -0.2) is 63.6 Å². The molecular weight excluding hydrogens is 1070 g/mol. The number of hydrogen-bond donors (Lipinski definition) is 1. The standard InChI is InChI=1S/C50H51N10O9S5.4Li/c1-11-29-19-26(5)20-30(12-2)42(29)55-46-41(56-57-47-35(25-51)45(50(8,9)10)58-60(47)49-53-37-18-16-33(73(64,65)66)24-39(37)71-49)27(6)22-40(54-46)59(48-52-36-17-15-32(72(61,62)63)23-38(36)70-48)43-31(13-3)21-28(7)44(34(43)14-4)74(67,68)69;;;;/h15-19,21-24H,11-14H2,1-10H3,(H,54,55)(H,61,62,63)(H,64,65,66)(H,67,68,69);;;;/q-1;4*+1/p-3. The van der Waals surface area contributed by atoms with E-state index in [0.717, 1.165) is 51.5 Å². The van der Waals surface area contributed by atoms with Crippen LogP contribution in [0.25, 0.3) is 25.6 Å². The molecule has 8 rings (SSSR count). The van der Waals surface area contributed by atoms with Crippen LogP contribution in [-0.2, 0) is 61.5 Å². The fourth-order valence-corrected chi connectivity index (χ4v) is 12.9. The Bertz CT molecular complexity index is 4020. The summed E-state index contributed by atoms with van der Waals surface area (Å²) in [6.07, 6.45) is 1.59. The van der Waals surface area contributed by atoms with Crippen LogP contribution in [0.2, 0.25) is 0 Å². The number of anilines is 5. The number of aryl methyl sites for hydroxylation is 6. The molecule has 0 saturated carbocycles. The molecular formula is C50H48Li4N10O9S5. The van der Waals surface area contributed by atoms with Crippen LogP contribution in [0.15, 0.2) is 79.5 Å². The molecule has 8 aromatic rings. The number of benzene rings is 4. The van der Waals surface area contributed by atoms with Crippen molar-refractivity contribution >= 4 is 113 Å². The molecule has 0 atom stereocenters. The summed E-state index contributed by atoms with van der Waals surface area (Å²) >= 11 is 2.04. The number of thiazole rings is 2. The first kappa shape index (κ1) is 66.3. The third-order valence-electron chi connectivity index (χ3n) is 12.1. The van der Waals surface area contributed by atoms with Gasteiger partial charge in [0.15, 0.2) is 10.9 Å². The van der Waals surface area contributed by atoms with Gasteiger partial charge in [-0.2, -0.15) is 32.7 Å². The molecule has 0 fully saturated rings. The smallest absolute Gasteiger partial charge is 0.744 e. The SMILES string of the molecule is CCc1[c-]c(C)cc(CC)c1Nc1nc(N(c2nc3ccc(S(=O)(=O)[O-])cc3s2)c2c(CC)cc(C)c(S(=O)(=O)[O-])c2CC)cc(C)c1N=Nc1c(C#N)c(C(C)(C)C)nn1-c1nc2ccc(S(=O)(=O)[O-])cc2s1.[Li+].[Li+].[Li+].[Li+]. The first-order valence-corrected chi connectivity index (χ1v) is 29.0. The van der Waals surface area contributed by atoms with Crippen molar-refractivity contribution < 1.29 is 114 Å². The molecule has 0 amide bonds. The number of fused-ring (bicyclic) bond motifs is 2. The van der Waals surface area contributed by atoms with Gasteiger partial charge in [-0.3, -0.25) is 4.90 Å². The first-order valence-electron chi connectivity index (χ1n) is 23.1. The maximum absolute atomic E-state index is 13.2. The van der Waals surface area contributed by atoms with Gasteiger partial charge in [0.25, 0.3) is 0 Å². The molecule has 78 heavy (non-hydrogen) atoms. The third-order valence-corrected chi connectivity index (χ3v) is 16.9. The van der Waals surface area contributed by atoms with Crippen LogP contribution in [0.1, 0.15) is 98.7 Å². The van der Waals surface area contributed by atoms with Crippen molar-refractivity contribution in [2.75, 3.05) is 10.2 Å². The van der Waals surface area contributed by atoms with E-state index < -0.39 is 50.5 Å². The van der Waals surface area contributed by atoms with Crippen molar-refractivity contribution in [2.45, 2.75) is 115 Å². The zero-order chi connectivity index (χ0) is 54.0. The Morgan fingerprint density at radius 2 is 1.32 bits per heavy atom. The van der Waals surface area contributed by atoms with Gasteiger partial charge in [0.2, 0.25) is 5.13 Å².